The lowest BCUT2D eigenvalue weighted by molar-refractivity contribution is 0.199. The van der Waals surface area contributed by atoms with E-state index in [1.165, 1.54) is 12.1 Å². The van der Waals surface area contributed by atoms with Gasteiger partial charge in [0.05, 0.1) is 11.8 Å². The van der Waals surface area contributed by atoms with E-state index in [0.717, 1.165) is 28.0 Å². The first-order valence-electron chi connectivity index (χ1n) is 6.53. The van der Waals surface area contributed by atoms with Crippen LogP contribution < -0.4 is 4.90 Å². The van der Waals surface area contributed by atoms with Gasteiger partial charge in [-0.1, -0.05) is 6.07 Å². The first-order valence-corrected chi connectivity index (χ1v) is 7.33. The van der Waals surface area contributed by atoms with E-state index >= 15 is 0 Å². The second-order valence-corrected chi connectivity index (χ2v) is 5.46. The molecule has 0 spiro atoms. The van der Waals surface area contributed by atoms with Crippen LogP contribution in [0.1, 0.15) is 25.5 Å². The molecule has 0 unspecified atom stereocenters. The van der Waals surface area contributed by atoms with Gasteiger partial charge in [0.25, 0.3) is 0 Å². The minimum Gasteiger partial charge on any atom is -0.389 e. The summed E-state index contributed by atoms with van der Waals surface area (Å²) in [6.45, 7) is 4.54. The van der Waals surface area contributed by atoms with Crippen LogP contribution in [0.4, 0.5) is 15.8 Å². The maximum atomic E-state index is 13.0. The predicted molar refractivity (Wildman–Crippen MR) is 83.9 cm³/mol. The molecular formula is C16H17BrFNO. The Morgan fingerprint density at radius 2 is 1.85 bits per heavy atom. The second-order valence-electron chi connectivity index (χ2n) is 4.61. The molecule has 2 rings (SSSR count). The van der Waals surface area contributed by atoms with Crippen LogP contribution in [0.2, 0.25) is 0 Å². The fraction of sp³-hybridized carbons (Fsp3) is 0.250. The lowest BCUT2D eigenvalue weighted by Crippen LogP contribution is -2.16. The van der Waals surface area contributed by atoms with Crippen LogP contribution >= 0.6 is 15.9 Å². The summed E-state index contributed by atoms with van der Waals surface area (Å²) < 4.78 is 13.9. The monoisotopic (exact) mass is 337 g/mol. The van der Waals surface area contributed by atoms with Crippen molar-refractivity contribution in [2.75, 3.05) is 11.4 Å². The van der Waals surface area contributed by atoms with Crippen LogP contribution in [0.5, 0.6) is 0 Å². The van der Waals surface area contributed by atoms with Crippen LogP contribution in [0.15, 0.2) is 46.9 Å². The summed E-state index contributed by atoms with van der Waals surface area (Å²) in [6.07, 6.45) is -0.499. The highest BCUT2D eigenvalue weighted by Gasteiger charge is 2.12. The van der Waals surface area contributed by atoms with E-state index in [1.807, 2.05) is 25.1 Å². The zero-order valence-corrected chi connectivity index (χ0v) is 13.1. The third-order valence-electron chi connectivity index (χ3n) is 3.20. The van der Waals surface area contributed by atoms with Gasteiger partial charge in [-0.2, -0.15) is 0 Å². The molecule has 0 fully saturated rings. The second kappa shape index (κ2) is 6.37. The van der Waals surface area contributed by atoms with Crippen molar-refractivity contribution in [3.63, 3.8) is 0 Å². The number of nitrogens with zero attached hydrogens (tertiary/aromatic N) is 1. The quantitative estimate of drug-likeness (QED) is 0.866. The average Bonchev–Trinajstić information content (AvgIpc) is 2.43. The summed E-state index contributed by atoms with van der Waals surface area (Å²) in [6, 6.07) is 12.2. The van der Waals surface area contributed by atoms with Crippen LogP contribution in [0.3, 0.4) is 0 Å². The maximum Gasteiger partial charge on any atom is 0.123 e. The molecule has 2 nitrogen and oxygen atoms in total. The molecule has 0 aliphatic heterocycles. The van der Waals surface area contributed by atoms with Gasteiger partial charge in [-0.3, -0.25) is 0 Å². The molecule has 20 heavy (non-hydrogen) atoms. The Morgan fingerprint density at radius 3 is 2.35 bits per heavy atom. The van der Waals surface area contributed by atoms with Crippen LogP contribution in [0.25, 0.3) is 0 Å². The van der Waals surface area contributed by atoms with E-state index in [4.69, 9.17) is 0 Å². The molecule has 1 N–H and O–H groups in total. The van der Waals surface area contributed by atoms with Crippen molar-refractivity contribution >= 4 is 27.3 Å². The largest absolute Gasteiger partial charge is 0.389 e. The summed E-state index contributed by atoms with van der Waals surface area (Å²) in [4.78, 5) is 2.08. The topological polar surface area (TPSA) is 23.5 Å². The van der Waals surface area contributed by atoms with E-state index in [1.54, 1.807) is 19.1 Å². The minimum absolute atomic E-state index is 0.242. The molecule has 0 bridgehead atoms. The summed E-state index contributed by atoms with van der Waals surface area (Å²) in [5, 5.41) is 9.61. The molecule has 0 saturated heterocycles. The molecule has 2 aromatic carbocycles. The van der Waals surface area contributed by atoms with Crippen molar-refractivity contribution < 1.29 is 9.50 Å². The van der Waals surface area contributed by atoms with E-state index in [0.29, 0.717) is 0 Å². The van der Waals surface area contributed by atoms with Gasteiger partial charge >= 0.3 is 0 Å². The Balaban J connectivity index is 2.39. The molecule has 0 saturated carbocycles. The van der Waals surface area contributed by atoms with Gasteiger partial charge in [-0.15, -0.1) is 0 Å². The Labute approximate surface area is 127 Å². The van der Waals surface area contributed by atoms with Crippen molar-refractivity contribution in [3.05, 3.63) is 58.3 Å². The van der Waals surface area contributed by atoms with Gasteiger partial charge in [0.1, 0.15) is 5.82 Å². The third kappa shape index (κ3) is 3.19. The normalized spacial score (nSPS) is 12.2. The van der Waals surface area contributed by atoms with Crippen molar-refractivity contribution in [2.45, 2.75) is 20.0 Å². The lowest BCUT2D eigenvalue weighted by atomic mass is 10.1. The van der Waals surface area contributed by atoms with Crippen molar-refractivity contribution in [1.82, 2.24) is 0 Å². The van der Waals surface area contributed by atoms with Crippen LogP contribution in [-0.4, -0.2) is 11.7 Å². The smallest absolute Gasteiger partial charge is 0.123 e. The van der Waals surface area contributed by atoms with Crippen LogP contribution in [-0.2, 0) is 0 Å². The Bertz CT molecular complexity index is 584. The predicted octanol–water partition coefficient (Wildman–Crippen LogP) is 4.80. The molecule has 2 aromatic rings. The third-order valence-corrected chi connectivity index (χ3v) is 3.83. The number of aliphatic hydroxyl groups is 1. The number of rotatable bonds is 4. The van der Waals surface area contributed by atoms with Gasteiger partial charge in [0.15, 0.2) is 0 Å². The highest BCUT2D eigenvalue weighted by molar-refractivity contribution is 9.10. The highest BCUT2D eigenvalue weighted by atomic mass is 79.9. The molecule has 0 aliphatic carbocycles. The van der Waals surface area contributed by atoms with Crippen molar-refractivity contribution in [1.29, 1.82) is 0 Å². The molecule has 4 heteroatoms. The number of hydrogen-bond donors (Lipinski definition) is 1. The molecular weight excluding hydrogens is 321 g/mol. The standard InChI is InChI=1S/C16H17BrFNO/c1-3-19(14-7-5-13(18)6-8-14)16-9-4-12(11(2)20)10-15(16)17/h4-11,20H,3H2,1-2H3/t11-/m0/s1. The summed E-state index contributed by atoms with van der Waals surface area (Å²) in [7, 11) is 0. The van der Waals surface area contributed by atoms with Crippen molar-refractivity contribution in [2.24, 2.45) is 0 Å². The SMILES string of the molecule is CCN(c1ccc(F)cc1)c1ccc([C@H](C)O)cc1Br. The van der Waals surface area contributed by atoms with E-state index < -0.39 is 6.10 Å². The molecule has 1 atom stereocenters. The molecule has 0 amide bonds. The molecule has 0 heterocycles. The van der Waals surface area contributed by atoms with Gasteiger partial charge in [0.2, 0.25) is 0 Å². The molecule has 0 aliphatic rings. The zero-order chi connectivity index (χ0) is 14.7. The number of benzene rings is 2. The molecule has 0 aromatic heterocycles. The summed E-state index contributed by atoms with van der Waals surface area (Å²) >= 11 is 3.54. The van der Waals surface area contributed by atoms with E-state index in [-0.39, 0.29) is 5.82 Å². The van der Waals surface area contributed by atoms with Crippen LogP contribution in [0, 0.1) is 5.82 Å². The highest BCUT2D eigenvalue weighted by Crippen LogP contribution is 2.33. The zero-order valence-electron chi connectivity index (χ0n) is 11.5. The number of hydrogen-bond acceptors (Lipinski definition) is 2. The fourth-order valence-corrected chi connectivity index (χ4v) is 2.73. The summed E-state index contributed by atoms with van der Waals surface area (Å²) in [5.41, 5.74) is 2.78. The average molecular weight is 338 g/mol. The number of anilines is 2. The molecule has 106 valence electrons. The van der Waals surface area contributed by atoms with E-state index in [2.05, 4.69) is 20.8 Å². The first-order chi connectivity index (χ1) is 9.52. The lowest BCUT2D eigenvalue weighted by Gasteiger charge is -2.25. The van der Waals surface area contributed by atoms with Crippen molar-refractivity contribution in [3.8, 4) is 0 Å². The van der Waals surface area contributed by atoms with Gasteiger partial charge in [-0.05, 0) is 71.7 Å². The minimum atomic E-state index is -0.499. The maximum absolute atomic E-state index is 13.0. The summed E-state index contributed by atoms with van der Waals surface area (Å²) in [5.74, 6) is -0.242. The Morgan fingerprint density at radius 1 is 1.20 bits per heavy atom. The molecule has 0 radical (unpaired) electrons. The fourth-order valence-electron chi connectivity index (χ4n) is 2.11. The Hall–Kier alpha value is -1.39. The van der Waals surface area contributed by atoms with Gasteiger partial charge in [0, 0.05) is 16.7 Å². The number of halogens is 2. The van der Waals surface area contributed by atoms with E-state index in [9.17, 15) is 9.50 Å². The Kier molecular flexibility index (Phi) is 4.78. The first kappa shape index (κ1) is 15.0. The van der Waals surface area contributed by atoms with Gasteiger partial charge in [-0.25, -0.2) is 4.39 Å². The number of aliphatic hydroxyl groups excluding tert-OH is 1. The van der Waals surface area contributed by atoms with Gasteiger partial charge < -0.3 is 10.0 Å².